The highest BCUT2D eigenvalue weighted by Crippen LogP contribution is 2.29. The Morgan fingerprint density at radius 3 is 1.90 bits per heavy atom. The van der Waals surface area contributed by atoms with Gasteiger partial charge in [-0.1, -0.05) is 18.2 Å². The predicted molar refractivity (Wildman–Crippen MR) is 81.5 cm³/mol. The average Bonchev–Trinajstić information content (AvgIpc) is 2.48. The summed E-state index contributed by atoms with van der Waals surface area (Å²) in [6.45, 7) is 4.19. The van der Waals surface area contributed by atoms with Crippen LogP contribution in [0.5, 0.6) is 11.5 Å². The number of nitrogens with two attached hydrogens (primary N) is 1. The summed E-state index contributed by atoms with van der Waals surface area (Å²) in [6, 6.07) is 11.8. The fourth-order valence-electron chi connectivity index (χ4n) is 2.16. The minimum atomic E-state index is -0.196. The third kappa shape index (κ3) is 2.94. The molecule has 3 nitrogen and oxygen atoms in total. The first kappa shape index (κ1) is 14.4. The van der Waals surface area contributed by atoms with Gasteiger partial charge < -0.3 is 15.2 Å². The topological polar surface area (TPSA) is 44.5 Å². The highest BCUT2D eigenvalue weighted by Gasteiger charge is 2.12. The van der Waals surface area contributed by atoms with Crippen LogP contribution < -0.4 is 15.2 Å². The fraction of sp³-hybridized carbons (Fsp3) is 0.294. The summed E-state index contributed by atoms with van der Waals surface area (Å²) in [5, 5.41) is 0. The molecule has 0 bridgehead atoms. The molecular formula is C17H21NO2. The Morgan fingerprint density at radius 2 is 1.40 bits per heavy atom. The van der Waals surface area contributed by atoms with Crippen LogP contribution in [-0.2, 0) is 0 Å². The lowest BCUT2D eigenvalue weighted by Gasteiger charge is -2.16. The van der Waals surface area contributed by atoms with Crippen LogP contribution in [0, 0.1) is 13.8 Å². The van der Waals surface area contributed by atoms with Gasteiger partial charge in [0.15, 0.2) is 0 Å². The van der Waals surface area contributed by atoms with Gasteiger partial charge in [0.2, 0.25) is 0 Å². The van der Waals surface area contributed by atoms with Crippen LogP contribution in [0.3, 0.4) is 0 Å². The van der Waals surface area contributed by atoms with E-state index in [1.807, 2.05) is 18.2 Å². The molecule has 2 aromatic rings. The molecule has 0 radical (unpaired) electrons. The minimum Gasteiger partial charge on any atom is -0.497 e. The van der Waals surface area contributed by atoms with E-state index in [1.54, 1.807) is 14.2 Å². The maximum atomic E-state index is 6.37. The van der Waals surface area contributed by atoms with Gasteiger partial charge >= 0.3 is 0 Å². The molecular weight excluding hydrogens is 250 g/mol. The number of methoxy groups -OCH3 is 2. The Balaban J connectivity index is 2.41. The molecule has 0 aliphatic carbocycles. The lowest BCUT2D eigenvalue weighted by atomic mass is 9.96. The Labute approximate surface area is 120 Å². The van der Waals surface area contributed by atoms with Crippen molar-refractivity contribution in [2.75, 3.05) is 14.2 Å². The molecule has 0 saturated carbocycles. The van der Waals surface area contributed by atoms with Gasteiger partial charge in [-0.05, 0) is 48.2 Å². The Hall–Kier alpha value is -2.00. The molecule has 3 heteroatoms. The summed E-state index contributed by atoms with van der Waals surface area (Å²) in [5.74, 6) is 1.50. The van der Waals surface area contributed by atoms with Crippen LogP contribution in [0.25, 0.3) is 0 Å². The van der Waals surface area contributed by atoms with E-state index in [0.717, 1.165) is 22.6 Å². The molecule has 0 aliphatic heterocycles. The summed E-state index contributed by atoms with van der Waals surface area (Å²) in [5.41, 5.74) is 10.9. The number of ether oxygens (including phenoxy) is 2. The van der Waals surface area contributed by atoms with E-state index >= 15 is 0 Å². The van der Waals surface area contributed by atoms with Crippen LogP contribution >= 0.6 is 0 Å². The Morgan fingerprint density at radius 1 is 0.800 bits per heavy atom. The first-order chi connectivity index (χ1) is 9.55. The third-order valence-corrected chi connectivity index (χ3v) is 3.62. The van der Waals surface area contributed by atoms with Crippen molar-refractivity contribution in [3.8, 4) is 11.5 Å². The average molecular weight is 271 g/mol. The van der Waals surface area contributed by atoms with Gasteiger partial charge in [-0.2, -0.15) is 0 Å². The van der Waals surface area contributed by atoms with Crippen LogP contribution in [0.15, 0.2) is 36.4 Å². The minimum absolute atomic E-state index is 0.196. The van der Waals surface area contributed by atoms with Crippen molar-refractivity contribution in [1.82, 2.24) is 0 Å². The van der Waals surface area contributed by atoms with Gasteiger partial charge in [0, 0.05) is 6.07 Å². The predicted octanol–water partition coefficient (Wildman–Crippen LogP) is 3.37. The van der Waals surface area contributed by atoms with Crippen molar-refractivity contribution in [2.24, 2.45) is 5.73 Å². The van der Waals surface area contributed by atoms with Crippen molar-refractivity contribution < 1.29 is 9.47 Å². The second kappa shape index (κ2) is 5.97. The van der Waals surface area contributed by atoms with E-state index in [4.69, 9.17) is 15.2 Å². The van der Waals surface area contributed by atoms with E-state index in [-0.39, 0.29) is 6.04 Å². The van der Waals surface area contributed by atoms with Crippen LogP contribution in [-0.4, -0.2) is 14.2 Å². The van der Waals surface area contributed by atoms with Crippen molar-refractivity contribution in [3.63, 3.8) is 0 Å². The standard InChI is InChI=1S/C17H21NO2/c1-11-5-6-13(7-12(11)2)17(18)14-8-15(19-3)10-16(9-14)20-4/h5-10,17H,18H2,1-4H3. The van der Waals surface area contributed by atoms with E-state index in [2.05, 4.69) is 32.0 Å². The smallest absolute Gasteiger partial charge is 0.122 e. The fourth-order valence-corrected chi connectivity index (χ4v) is 2.16. The van der Waals surface area contributed by atoms with Crippen molar-refractivity contribution >= 4 is 0 Å². The summed E-state index contributed by atoms with van der Waals surface area (Å²) in [4.78, 5) is 0. The zero-order chi connectivity index (χ0) is 14.7. The summed E-state index contributed by atoms with van der Waals surface area (Å²) < 4.78 is 10.6. The van der Waals surface area contributed by atoms with Crippen LogP contribution in [0.4, 0.5) is 0 Å². The van der Waals surface area contributed by atoms with Gasteiger partial charge in [0.25, 0.3) is 0 Å². The molecule has 0 fully saturated rings. The molecule has 0 saturated heterocycles. The first-order valence-electron chi connectivity index (χ1n) is 6.61. The van der Waals surface area contributed by atoms with Crippen molar-refractivity contribution in [1.29, 1.82) is 0 Å². The molecule has 20 heavy (non-hydrogen) atoms. The quantitative estimate of drug-likeness (QED) is 0.927. The molecule has 0 aliphatic rings. The van der Waals surface area contributed by atoms with E-state index in [9.17, 15) is 0 Å². The number of hydrogen-bond acceptors (Lipinski definition) is 3. The molecule has 0 heterocycles. The number of aryl methyl sites for hydroxylation is 2. The SMILES string of the molecule is COc1cc(OC)cc(C(N)c2ccc(C)c(C)c2)c1. The van der Waals surface area contributed by atoms with Gasteiger partial charge in [0.05, 0.1) is 20.3 Å². The molecule has 0 amide bonds. The monoisotopic (exact) mass is 271 g/mol. The zero-order valence-electron chi connectivity index (χ0n) is 12.4. The maximum Gasteiger partial charge on any atom is 0.122 e. The summed E-state index contributed by atoms with van der Waals surface area (Å²) >= 11 is 0. The molecule has 2 N–H and O–H groups in total. The largest absolute Gasteiger partial charge is 0.497 e. The molecule has 0 spiro atoms. The lowest BCUT2D eigenvalue weighted by Crippen LogP contribution is -2.12. The lowest BCUT2D eigenvalue weighted by molar-refractivity contribution is 0.393. The van der Waals surface area contributed by atoms with Gasteiger partial charge in [-0.15, -0.1) is 0 Å². The normalized spacial score (nSPS) is 12.1. The molecule has 0 aromatic heterocycles. The van der Waals surface area contributed by atoms with Gasteiger partial charge in [-0.25, -0.2) is 0 Å². The summed E-state index contributed by atoms with van der Waals surface area (Å²) in [7, 11) is 3.28. The first-order valence-corrected chi connectivity index (χ1v) is 6.61. The molecule has 1 atom stereocenters. The van der Waals surface area contributed by atoms with Gasteiger partial charge in [-0.3, -0.25) is 0 Å². The maximum absolute atomic E-state index is 6.37. The second-order valence-corrected chi connectivity index (χ2v) is 4.97. The molecule has 2 rings (SSSR count). The molecule has 106 valence electrons. The number of benzene rings is 2. The number of rotatable bonds is 4. The highest BCUT2D eigenvalue weighted by atomic mass is 16.5. The van der Waals surface area contributed by atoms with Crippen molar-refractivity contribution in [2.45, 2.75) is 19.9 Å². The molecule has 2 aromatic carbocycles. The summed E-state index contributed by atoms with van der Waals surface area (Å²) in [6.07, 6.45) is 0. The Bertz CT molecular complexity index is 586. The second-order valence-electron chi connectivity index (χ2n) is 4.97. The van der Waals surface area contributed by atoms with Gasteiger partial charge in [0.1, 0.15) is 11.5 Å². The van der Waals surface area contributed by atoms with Crippen LogP contribution in [0.1, 0.15) is 28.3 Å². The van der Waals surface area contributed by atoms with E-state index in [0.29, 0.717) is 0 Å². The zero-order valence-corrected chi connectivity index (χ0v) is 12.4. The molecule has 1 unspecified atom stereocenters. The third-order valence-electron chi connectivity index (χ3n) is 3.62. The van der Waals surface area contributed by atoms with Crippen molar-refractivity contribution in [3.05, 3.63) is 58.7 Å². The highest BCUT2D eigenvalue weighted by molar-refractivity contribution is 5.44. The van der Waals surface area contributed by atoms with E-state index in [1.165, 1.54) is 11.1 Å². The number of hydrogen-bond donors (Lipinski definition) is 1. The van der Waals surface area contributed by atoms with Crippen LogP contribution in [0.2, 0.25) is 0 Å². The Kier molecular flexibility index (Phi) is 4.30. The van der Waals surface area contributed by atoms with E-state index < -0.39 is 0 Å².